The fourth-order valence-electron chi connectivity index (χ4n) is 2.15. The molecule has 1 aliphatic rings. The van der Waals surface area contributed by atoms with E-state index in [0.29, 0.717) is 25.2 Å². The molecule has 1 fully saturated rings. The highest BCUT2D eigenvalue weighted by Crippen LogP contribution is 2.32. The van der Waals surface area contributed by atoms with Gasteiger partial charge in [-0.2, -0.15) is 13.2 Å². The molecule has 0 aromatic heterocycles. The van der Waals surface area contributed by atoms with Gasteiger partial charge in [-0.15, -0.1) is 0 Å². The molecule has 1 aromatic carbocycles. The number of carbonyl (C=O) groups is 1. The molecule has 2 N–H and O–H groups in total. The van der Waals surface area contributed by atoms with E-state index in [9.17, 15) is 18.0 Å². The summed E-state index contributed by atoms with van der Waals surface area (Å²) in [7, 11) is 0. The fraction of sp³-hybridized carbons (Fsp3) is 0.533. The minimum Gasteiger partial charge on any atom is -0.355 e. The Labute approximate surface area is 121 Å². The predicted octanol–water partition coefficient (Wildman–Crippen LogP) is 2.32. The summed E-state index contributed by atoms with van der Waals surface area (Å²) >= 11 is 0. The second kappa shape index (κ2) is 5.67. The third kappa shape index (κ3) is 3.75. The number of hydrogen-bond acceptors (Lipinski definition) is 2. The van der Waals surface area contributed by atoms with Gasteiger partial charge in [-0.1, -0.05) is 32.0 Å². The Morgan fingerprint density at radius 2 is 1.90 bits per heavy atom. The largest absolute Gasteiger partial charge is 0.416 e. The van der Waals surface area contributed by atoms with Crippen molar-refractivity contribution < 1.29 is 18.0 Å². The second-order valence-electron chi connectivity index (χ2n) is 6.04. The van der Waals surface area contributed by atoms with Crippen LogP contribution in [0.4, 0.5) is 13.2 Å². The first-order chi connectivity index (χ1) is 9.70. The molecule has 0 atom stereocenters. The zero-order valence-corrected chi connectivity index (χ0v) is 12.1. The Morgan fingerprint density at radius 1 is 1.29 bits per heavy atom. The van der Waals surface area contributed by atoms with Gasteiger partial charge in [0.15, 0.2) is 0 Å². The van der Waals surface area contributed by atoms with Crippen molar-refractivity contribution in [2.75, 3.05) is 19.6 Å². The molecule has 21 heavy (non-hydrogen) atoms. The molecule has 1 heterocycles. The summed E-state index contributed by atoms with van der Waals surface area (Å²) in [6.07, 6.45) is -4.35. The summed E-state index contributed by atoms with van der Waals surface area (Å²) in [6.45, 7) is 5.28. The van der Waals surface area contributed by atoms with Crippen LogP contribution in [0.5, 0.6) is 0 Å². The van der Waals surface area contributed by atoms with Crippen molar-refractivity contribution in [2.24, 2.45) is 5.92 Å². The highest BCUT2D eigenvalue weighted by Gasteiger charge is 2.32. The van der Waals surface area contributed by atoms with Crippen LogP contribution in [0, 0.1) is 5.92 Å². The molecule has 1 aromatic rings. The third-order valence-corrected chi connectivity index (χ3v) is 3.83. The molecule has 1 aliphatic heterocycles. The lowest BCUT2D eigenvalue weighted by Gasteiger charge is -2.30. The van der Waals surface area contributed by atoms with Crippen molar-refractivity contribution in [1.29, 1.82) is 0 Å². The lowest BCUT2D eigenvalue weighted by Crippen LogP contribution is -2.52. The Morgan fingerprint density at radius 3 is 2.43 bits per heavy atom. The van der Waals surface area contributed by atoms with Crippen LogP contribution in [0.2, 0.25) is 0 Å². The van der Waals surface area contributed by atoms with Crippen LogP contribution >= 0.6 is 0 Å². The van der Waals surface area contributed by atoms with Gasteiger partial charge in [-0.3, -0.25) is 4.79 Å². The number of rotatable bonds is 4. The average molecular weight is 300 g/mol. The van der Waals surface area contributed by atoms with E-state index in [1.807, 2.05) is 13.8 Å². The van der Waals surface area contributed by atoms with E-state index in [1.54, 1.807) is 6.07 Å². The monoisotopic (exact) mass is 300 g/mol. The van der Waals surface area contributed by atoms with Crippen LogP contribution in [-0.4, -0.2) is 25.5 Å². The van der Waals surface area contributed by atoms with Crippen molar-refractivity contribution in [3.63, 3.8) is 0 Å². The van der Waals surface area contributed by atoms with Crippen LogP contribution in [0.1, 0.15) is 25.0 Å². The zero-order valence-electron chi connectivity index (χ0n) is 12.1. The zero-order chi connectivity index (χ0) is 15.7. The number of nitrogens with one attached hydrogen (secondary N) is 2. The maximum absolute atomic E-state index is 12.8. The second-order valence-corrected chi connectivity index (χ2v) is 6.04. The van der Waals surface area contributed by atoms with E-state index < -0.39 is 17.2 Å². The van der Waals surface area contributed by atoms with Crippen LogP contribution in [0.3, 0.4) is 0 Å². The lowest BCUT2D eigenvalue weighted by molar-refractivity contribution is -0.137. The number of hydrogen-bond donors (Lipinski definition) is 2. The van der Waals surface area contributed by atoms with Crippen molar-refractivity contribution >= 4 is 5.91 Å². The molecule has 0 aliphatic carbocycles. The summed E-state index contributed by atoms with van der Waals surface area (Å²) in [5.41, 5.74) is -0.666. The Kier molecular flexibility index (Phi) is 4.27. The smallest absolute Gasteiger partial charge is 0.355 e. The van der Waals surface area contributed by atoms with Crippen molar-refractivity contribution in [2.45, 2.75) is 25.4 Å². The van der Waals surface area contributed by atoms with Crippen molar-refractivity contribution in [3.05, 3.63) is 35.4 Å². The van der Waals surface area contributed by atoms with Crippen molar-refractivity contribution in [3.8, 4) is 0 Å². The average Bonchev–Trinajstić information content (AvgIpc) is 2.34. The molecule has 0 unspecified atom stereocenters. The van der Waals surface area contributed by atoms with Crippen LogP contribution in [0.15, 0.2) is 24.3 Å². The maximum atomic E-state index is 12.8. The van der Waals surface area contributed by atoms with E-state index in [-0.39, 0.29) is 11.8 Å². The van der Waals surface area contributed by atoms with E-state index in [0.717, 1.165) is 12.1 Å². The highest BCUT2D eigenvalue weighted by molar-refractivity contribution is 5.80. The van der Waals surface area contributed by atoms with Gasteiger partial charge < -0.3 is 10.6 Å². The molecule has 116 valence electrons. The third-order valence-electron chi connectivity index (χ3n) is 3.83. The molecular weight excluding hydrogens is 281 g/mol. The minimum atomic E-state index is -4.35. The molecule has 2 rings (SSSR count). The van der Waals surface area contributed by atoms with Crippen LogP contribution in [-0.2, 0) is 16.4 Å². The fourth-order valence-corrected chi connectivity index (χ4v) is 2.15. The first-order valence-corrected chi connectivity index (χ1v) is 6.86. The number of benzene rings is 1. The summed E-state index contributed by atoms with van der Waals surface area (Å²) in [4.78, 5) is 11.8. The van der Waals surface area contributed by atoms with E-state index >= 15 is 0 Å². The molecule has 1 saturated heterocycles. The number of amides is 1. The van der Waals surface area contributed by atoms with Gasteiger partial charge in [0.2, 0.25) is 5.91 Å². The molecule has 0 saturated carbocycles. The maximum Gasteiger partial charge on any atom is 0.416 e. The standard InChI is InChI=1S/C15H19F3N2O/c1-14(2,9-20-13(21)10-7-19-8-10)11-4-3-5-12(6-11)15(16,17)18/h3-6,10,19H,7-9H2,1-2H3,(H,20,21). The van der Waals surface area contributed by atoms with Gasteiger partial charge in [0, 0.05) is 25.0 Å². The predicted molar refractivity (Wildman–Crippen MR) is 73.8 cm³/mol. The summed E-state index contributed by atoms with van der Waals surface area (Å²) < 4.78 is 38.3. The van der Waals surface area contributed by atoms with Gasteiger partial charge in [-0.05, 0) is 11.6 Å². The number of carbonyl (C=O) groups excluding carboxylic acids is 1. The van der Waals surface area contributed by atoms with E-state index in [1.165, 1.54) is 6.07 Å². The Bertz CT molecular complexity index is 522. The molecular formula is C15H19F3N2O. The van der Waals surface area contributed by atoms with Gasteiger partial charge >= 0.3 is 6.18 Å². The molecule has 1 amide bonds. The molecule has 0 radical (unpaired) electrons. The normalized spacial score (nSPS) is 16.4. The minimum absolute atomic E-state index is 0.0256. The van der Waals surface area contributed by atoms with Crippen molar-refractivity contribution in [1.82, 2.24) is 10.6 Å². The first-order valence-electron chi connectivity index (χ1n) is 6.86. The van der Waals surface area contributed by atoms with Crippen LogP contribution < -0.4 is 10.6 Å². The summed E-state index contributed by atoms with van der Waals surface area (Å²) in [5.74, 6) is -0.0730. The van der Waals surface area contributed by atoms with Gasteiger partial charge in [-0.25, -0.2) is 0 Å². The van der Waals surface area contributed by atoms with Gasteiger partial charge in [0.05, 0.1) is 11.5 Å². The molecule has 0 bridgehead atoms. The summed E-state index contributed by atoms with van der Waals surface area (Å²) in [6, 6.07) is 5.26. The topological polar surface area (TPSA) is 41.1 Å². The quantitative estimate of drug-likeness (QED) is 0.896. The number of alkyl halides is 3. The van der Waals surface area contributed by atoms with E-state index in [4.69, 9.17) is 0 Å². The Hall–Kier alpha value is -1.56. The number of halogens is 3. The van der Waals surface area contributed by atoms with Gasteiger partial charge in [0.1, 0.15) is 0 Å². The highest BCUT2D eigenvalue weighted by atomic mass is 19.4. The Balaban J connectivity index is 2.06. The molecule has 0 spiro atoms. The van der Waals surface area contributed by atoms with Gasteiger partial charge in [0.25, 0.3) is 0 Å². The van der Waals surface area contributed by atoms with Crippen LogP contribution in [0.25, 0.3) is 0 Å². The molecule has 6 heteroatoms. The lowest BCUT2D eigenvalue weighted by atomic mass is 9.83. The first kappa shape index (κ1) is 15.8. The SMILES string of the molecule is CC(C)(CNC(=O)C1CNC1)c1cccc(C(F)(F)F)c1. The van der Waals surface area contributed by atoms with E-state index in [2.05, 4.69) is 10.6 Å². The molecule has 3 nitrogen and oxygen atoms in total. The summed E-state index contributed by atoms with van der Waals surface area (Å²) in [5, 5.41) is 5.83.